The van der Waals surface area contributed by atoms with Crippen molar-refractivity contribution < 1.29 is 9.53 Å². The lowest BCUT2D eigenvalue weighted by atomic mass is 10.2. The minimum absolute atomic E-state index is 0.157. The summed E-state index contributed by atoms with van der Waals surface area (Å²) in [5.74, 6) is 2.68. The molecule has 1 aliphatic rings. The number of ether oxygens (including phenoxy) is 1. The average Bonchev–Trinajstić information content (AvgIpc) is 2.42. The molecular weight excluding hydrogens is 268 g/mol. The van der Waals surface area contributed by atoms with Gasteiger partial charge >= 0.3 is 0 Å². The van der Waals surface area contributed by atoms with Crippen LogP contribution in [0.25, 0.3) is 0 Å². The van der Waals surface area contributed by atoms with Gasteiger partial charge in [0.1, 0.15) is 11.6 Å². The van der Waals surface area contributed by atoms with Gasteiger partial charge in [0.05, 0.1) is 19.2 Å². The normalized spacial score (nSPS) is 15.8. The molecule has 1 aromatic rings. The predicted octanol–water partition coefficient (Wildman–Crippen LogP) is 1.41. The number of piperazine rings is 1. The number of nitrogens with zero attached hydrogens (tertiary/aromatic N) is 4. The van der Waals surface area contributed by atoms with E-state index in [1.54, 1.807) is 7.11 Å². The Hall–Kier alpha value is -1.85. The number of hydrogen-bond acceptors (Lipinski definition) is 5. The molecule has 1 saturated heterocycles. The molecule has 0 spiro atoms. The van der Waals surface area contributed by atoms with Gasteiger partial charge in [0, 0.05) is 19.6 Å². The number of anilines is 1. The van der Waals surface area contributed by atoms with Crippen molar-refractivity contribution >= 4 is 11.7 Å². The zero-order valence-electron chi connectivity index (χ0n) is 13.5. The Morgan fingerprint density at radius 2 is 1.95 bits per heavy atom. The molecule has 116 valence electrons. The molecule has 1 amide bonds. The fraction of sp³-hybridized carbons (Fsp3) is 0.667. The van der Waals surface area contributed by atoms with E-state index in [0.29, 0.717) is 24.2 Å². The Morgan fingerprint density at radius 3 is 2.52 bits per heavy atom. The monoisotopic (exact) mass is 292 g/mol. The molecule has 0 aliphatic carbocycles. The number of hydrogen-bond donors (Lipinski definition) is 0. The van der Waals surface area contributed by atoms with Crippen molar-refractivity contribution in [3.8, 4) is 5.88 Å². The molecule has 0 atom stereocenters. The van der Waals surface area contributed by atoms with Crippen LogP contribution in [0.3, 0.4) is 0 Å². The van der Waals surface area contributed by atoms with Gasteiger partial charge in [-0.25, -0.2) is 4.98 Å². The van der Waals surface area contributed by atoms with Crippen molar-refractivity contribution in [2.24, 2.45) is 5.92 Å². The summed E-state index contributed by atoms with van der Waals surface area (Å²) in [6, 6.07) is 0. The Bertz CT molecular complexity index is 531. The smallest absolute Gasteiger partial charge is 0.242 e. The van der Waals surface area contributed by atoms with Gasteiger partial charge in [-0.3, -0.25) is 4.79 Å². The SMILES string of the molecule is COc1nc(C)nc(N2CCN(CC(C)C)C(=O)C2)c1C. The van der Waals surface area contributed by atoms with Crippen LogP contribution < -0.4 is 9.64 Å². The number of methoxy groups -OCH3 is 1. The zero-order chi connectivity index (χ0) is 15.6. The van der Waals surface area contributed by atoms with E-state index in [2.05, 4.69) is 23.8 Å². The molecule has 0 aromatic carbocycles. The van der Waals surface area contributed by atoms with E-state index in [0.717, 1.165) is 31.0 Å². The van der Waals surface area contributed by atoms with Gasteiger partial charge in [-0.2, -0.15) is 4.98 Å². The van der Waals surface area contributed by atoms with Crippen molar-refractivity contribution in [3.63, 3.8) is 0 Å². The highest BCUT2D eigenvalue weighted by Gasteiger charge is 2.27. The first kappa shape index (κ1) is 15.5. The molecule has 2 heterocycles. The van der Waals surface area contributed by atoms with Crippen molar-refractivity contribution in [1.82, 2.24) is 14.9 Å². The summed E-state index contributed by atoms with van der Waals surface area (Å²) in [5.41, 5.74) is 0.883. The van der Waals surface area contributed by atoms with Crippen LogP contribution in [-0.2, 0) is 4.79 Å². The van der Waals surface area contributed by atoms with E-state index in [1.807, 2.05) is 23.6 Å². The lowest BCUT2D eigenvalue weighted by molar-refractivity contribution is -0.131. The first-order valence-electron chi connectivity index (χ1n) is 7.34. The van der Waals surface area contributed by atoms with E-state index < -0.39 is 0 Å². The molecule has 2 rings (SSSR count). The van der Waals surface area contributed by atoms with Crippen LogP contribution in [0.2, 0.25) is 0 Å². The van der Waals surface area contributed by atoms with Gasteiger partial charge in [0.15, 0.2) is 0 Å². The highest BCUT2D eigenvalue weighted by molar-refractivity contribution is 5.82. The van der Waals surface area contributed by atoms with E-state index in [-0.39, 0.29) is 5.91 Å². The van der Waals surface area contributed by atoms with Gasteiger partial charge in [-0.15, -0.1) is 0 Å². The third-order valence-corrected chi connectivity index (χ3v) is 3.58. The summed E-state index contributed by atoms with van der Waals surface area (Å²) in [6.07, 6.45) is 0. The molecule has 1 fully saturated rings. The molecule has 0 radical (unpaired) electrons. The first-order valence-corrected chi connectivity index (χ1v) is 7.34. The predicted molar refractivity (Wildman–Crippen MR) is 81.7 cm³/mol. The van der Waals surface area contributed by atoms with Crippen LogP contribution in [0.15, 0.2) is 0 Å². The van der Waals surface area contributed by atoms with E-state index in [4.69, 9.17) is 4.74 Å². The zero-order valence-corrected chi connectivity index (χ0v) is 13.5. The second-order valence-electron chi connectivity index (χ2n) is 5.88. The number of carbonyl (C=O) groups is 1. The molecule has 1 aromatic heterocycles. The molecule has 0 bridgehead atoms. The fourth-order valence-corrected chi connectivity index (χ4v) is 2.62. The van der Waals surface area contributed by atoms with Crippen LogP contribution in [0.1, 0.15) is 25.2 Å². The van der Waals surface area contributed by atoms with Crippen LogP contribution in [0.5, 0.6) is 5.88 Å². The lowest BCUT2D eigenvalue weighted by Crippen LogP contribution is -2.51. The van der Waals surface area contributed by atoms with Crippen LogP contribution in [0, 0.1) is 19.8 Å². The number of aromatic nitrogens is 2. The van der Waals surface area contributed by atoms with Crippen molar-refractivity contribution in [2.45, 2.75) is 27.7 Å². The van der Waals surface area contributed by atoms with Crippen LogP contribution in [0.4, 0.5) is 5.82 Å². The van der Waals surface area contributed by atoms with Crippen molar-refractivity contribution in [3.05, 3.63) is 11.4 Å². The molecule has 6 heteroatoms. The third kappa shape index (κ3) is 3.43. The van der Waals surface area contributed by atoms with E-state index in [1.165, 1.54) is 0 Å². The number of rotatable bonds is 4. The van der Waals surface area contributed by atoms with Gasteiger partial charge < -0.3 is 14.5 Å². The molecule has 6 nitrogen and oxygen atoms in total. The maximum atomic E-state index is 12.3. The van der Waals surface area contributed by atoms with Crippen LogP contribution in [-0.4, -0.2) is 54.1 Å². The topological polar surface area (TPSA) is 58.6 Å². The maximum absolute atomic E-state index is 12.3. The Labute approximate surface area is 126 Å². The number of carbonyl (C=O) groups excluding carboxylic acids is 1. The second-order valence-corrected chi connectivity index (χ2v) is 5.88. The molecular formula is C15H24N4O2. The van der Waals surface area contributed by atoms with Crippen LogP contribution >= 0.6 is 0 Å². The van der Waals surface area contributed by atoms with E-state index >= 15 is 0 Å². The summed E-state index contributed by atoms with van der Waals surface area (Å²) in [6.45, 7) is 10.7. The molecule has 1 aliphatic heterocycles. The largest absolute Gasteiger partial charge is 0.481 e. The van der Waals surface area contributed by atoms with E-state index in [9.17, 15) is 4.79 Å². The standard InChI is InChI=1S/C15H24N4O2/c1-10(2)8-18-6-7-19(9-13(18)20)14-11(3)15(21-5)17-12(4)16-14/h10H,6-9H2,1-5H3. The van der Waals surface area contributed by atoms with Crippen molar-refractivity contribution in [2.75, 3.05) is 38.2 Å². The summed E-state index contributed by atoms with van der Waals surface area (Å²) >= 11 is 0. The quantitative estimate of drug-likeness (QED) is 0.839. The van der Waals surface area contributed by atoms with Crippen molar-refractivity contribution in [1.29, 1.82) is 0 Å². The Balaban J connectivity index is 2.18. The third-order valence-electron chi connectivity index (χ3n) is 3.58. The summed E-state index contributed by atoms with van der Waals surface area (Å²) < 4.78 is 5.28. The molecule has 0 N–H and O–H groups in total. The number of amides is 1. The Kier molecular flexibility index (Phi) is 4.65. The molecule has 0 saturated carbocycles. The minimum Gasteiger partial charge on any atom is -0.481 e. The molecule has 0 unspecified atom stereocenters. The van der Waals surface area contributed by atoms with Gasteiger partial charge in [0.25, 0.3) is 0 Å². The first-order chi connectivity index (χ1) is 9.92. The lowest BCUT2D eigenvalue weighted by Gasteiger charge is -2.36. The fourth-order valence-electron chi connectivity index (χ4n) is 2.62. The maximum Gasteiger partial charge on any atom is 0.242 e. The summed E-state index contributed by atoms with van der Waals surface area (Å²) in [5, 5.41) is 0. The second kappa shape index (κ2) is 6.28. The van der Waals surface area contributed by atoms with Gasteiger partial charge in [0.2, 0.25) is 11.8 Å². The average molecular weight is 292 g/mol. The summed E-state index contributed by atoms with van der Waals surface area (Å²) in [4.78, 5) is 25.0. The molecule has 21 heavy (non-hydrogen) atoms. The van der Waals surface area contributed by atoms with Gasteiger partial charge in [-0.05, 0) is 19.8 Å². The minimum atomic E-state index is 0.157. The van der Waals surface area contributed by atoms with Gasteiger partial charge in [-0.1, -0.05) is 13.8 Å². The highest BCUT2D eigenvalue weighted by atomic mass is 16.5. The Morgan fingerprint density at radius 1 is 1.24 bits per heavy atom. The number of aryl methyl sites for hydroxylation is 1. The summed E-state index contributed by atoms with van der Waals surface area (Å²) in [7, 11) is 1.60. The highest BCUT2D eigenvalue weighted by Crippen LogP contribution is 2.26.